The van der Waals surface area contributed by atoms with Crippen molar-refractivity contribution >= 4 is 29.0 Å². The highest BCUT2D eigenvalue weighted by Gasteiger charge is 2.31. The number of aromatic nitrogens is 3. The summed E-state index contributed by atoms with van der Waals surface area (Å²) in [6.45, 7) is 12.0. The van der Waals surface area contributed by atoms with E-state index in [1.54, 1.807) is 23.2 Å². The summed E-state index contributed by atoms with van der Waals surface area (Å²) in [6, 6.07) is 8.98. The molecule has 0 bridgehead atoms. The topological polar surface area (TPSA) is 69.0 Å². The third-order valence-electron chi connectivity index (χ3n) is 4.33. The average Bonchev–Trinajstić information content (AvgIpc) is 3.13. The van der Waals surface area contributed by atoms with Crippen molar-refractivity contribution in [3.05, 3.63) is 59.9 Å². The van der Waals surface area contributed by atoms with Gasteiger partial charge in [0.2, 0.25) is 5.88 Å². The minimum Gasteiger partial charge on any atom is -0.494 e. The first-order chi connectivity index (χ1) is 14.3. The zero-order valence-electron chi connectivity index (χ0n) is 17.6. The highest BCUT2D eigenvalue weighted by atomic mass is 35.5. The fourth-order valence-electron chi connectivity index (χ4n) is 3.10. The molecule has 0 aliphatic heterocycles. The van der Waals surface area contributed by atoms with Crippen LogP contribution in [-0.2, 0) is 6.42 Å². The quantitative estimate of drug-likeness (QED) is 0.393. The van der Waals surface area contributed by atoms with Gasteiger partial charge in [-0.2, -0.15) is 9.61 Å². The molecular weight excluding hydrogens is 404 g/mol. The van der Waals surface area contributed by atoms with Crippen LogP contribution in [0.1, 0.15) is 33.3 Å². The molecular formula is C22H25ClN4O3. The molecule has 0 aliphatic rings. The summed E-state index contributed by atoms with van der Waals surface area (Å²) >= 11 is 6.34. The van der Waals surface area contributed by atoms with E-state index in [2.05, 4.69) is 16.7 Å². The summed E-state index contributed by atoms with van der Waals surface area (Å²) in [5.74, 6) is 0.955. The van der Waals surface area contributed by atoms with Gasteiger partial charge in [-0.15, -0.1) is 6.58 Å². The number of nitrogens with zero attached hydrogens (tertiary/aromatic N) is 4. The van der Waals surface area contributed by atoms with Gasteiger partial charge in [0.05, 0.1) is 18.4 Å². The third-order valence-corrected chi connectivity index (χ3v) is 4.64. The van der Waals surface area contributed by atoms with Crippen molar-refractivity contribution in [1.82, 2.24) is 14.6 Å². The molecule has 1 amide bonds. The van der Waals surface area contributed by atoms with Crippen LogP contribution in [0.25, 0.3) is 5.65 Å². The molecule has 7 nitrogen and oxygen atoms in total. The molecule has 3 aromatic rings. The number of hydrogen-bond donors (Lipinski definition) is 0. The predicted molar refractivity (Wildman–Crippen MR) is 118 cm³/mol. The third kappa shape index (κ3) is 4.41. The smallest absolute Gasteiger partial charge is 0.421 e. The summed E-state index contributed by atoms with van der Waals surface area (Å²) in [5, 5.41) is 4.48. The van der Waals surface area contributed by atoms with Gasteiger partial charge >= 0.3 is 6.09 Å². The van der Waals surface area contributed by atoms with E-state index in [-0.39, 0.29) is 11.0 Å². The van der Waals surface area contributed by atoms with E-state index >= 15 is 0 Å². The van der Waals surface area contributed by atoms with Gasteiger partial charge in [-0.3, -0.25) is 4.90 Å². The summed E-state index contributed by atoms with van der Waals surface area (Å²) < 4.78 is 12.8. The van der Waals surface area contributed by atoms with Crippen LogP contribution in [0.5, 0.6) is 11.6 Å². The zero-order chi connectivity index (χ0) is 21.9. The molecule has 0 aliphatic carbocycles. The van der Waals surface area contributed by atoms with Gasteiger partial charge in [0.25, 0.3) is 0 Å². The van der Waals surface area contributed by atoms with Gasteiger partial charge in [0, 0.05) is 17.3 Å². The van der Waals surface area contributed by atoms with Crippen LogP contribution in [0.2, 0.25) is 5.15 Å². The largest absolute Gasteiger partial charge is 0.494 e. The Kier molecular flexibility index (Phi) is 6.31. The molecule has 0 spiro atoms. The maximum atomic E-state index is 13.3. The lowest BCUT2D eigenvalue weighted by molar-refractivity contribution is 0.198. The minimum atomic E-state index is -0.559. The number of halogens is 1. The number of anilines is 1. The number of amides is 1. The Balaban J connectivity index is 2.02. The predicted octanol–water partition coefficient (Wildman–Crippen LogP) is 5.31. The second-order valence-corrected chi connectivity index (χ2v) is 7.94. The standard InChI is InChI=1S/C22H25ClN4O3/c1-6-8-17-19(23)25-18-13-14-24-27(18)20(17)30-21(28)26(22(3,4)5)15-9-11-16(12-10-15)29-7-2/h6,9-14H,1,7-8H2,2-5H3. The Morgan fingerprint density at radius 2 is 1.97 bits per heavy atom. The van der Waals surface area contributed by atoms with Crippen LogP contribution >= 0.6 is 11.6 Å². The number of hydrogen-bond acceptors (Lipinski definition) is 5. The van der Waals surface area contributed by atoms with Gasteiger partial charge in [-0.05, 0) is 58.4 Å². The molecule has 3 rings (SSSR count). The fraction of sp³-hybridized carbons (Fsp3) is 0.318. The van der Waals surface area contributed by atoms with E-state index in [1.165, 1.54) is 4.52 Å². The Bertz CT molecular complexity index is 1050. The molecule has 8 heteroatoms. The van der Waals surface area contributed by atoms with Crippen molar-refractivity contribution < 1.29 is 14.3 Å². The van der Waals surface area contributed by atoms with E-state index in [0.717, 1.165) is 5.75 Å². The van der Waals surface area contributed by atoms with Crippen molar-refractivity contribution in [2.45, 2.75) is 39.7 Å². The van der Waals surface area contributed by atoms with Gasteiger partial charge in [-0.25, -0.2) is 9.78 Å². The van der Waals surface area contributed by atoms with Crippen molar-refractivity contribution in [2.75, 3.05) is 11.5 Å². The van der Waals surface area contributed by atoms with Crippen LogP contribution in [0.15, 0.2) is 49.2 Å². The Labute approximate surface area is 180 Å². The van der Waals surface area contributed by atoms with E-state index in [0.29, 0.717) is 29.9 Å². The van der Waals surface area contributed by atoms with Gasteiger partial charge in [0.1, 0.15) is 10.9 Å². The number of carbonyl (C=O) groups excluding carboxylic acids is 1. The number of rotatable bonds is 6. The van der Waals surface area contributed by atoms with Crippen LogP contribution < -0.4 is 14.4 Å². The summed E-state index contributed by atoms with van der Waals surface area (Å²) in [5.41, 5.74) is 1.15. The molecule has 0 N–H and O–H groups in total. The second kappa shape index (κ2) is 8.75. The first kappa shape index (κ1) is 21.6. The normalized spacial score (nSPS) is 11.4. The first-order valence-corrected chi connectivity index (χ1v) is 10.0. The van der Waals surface area contributed by atoms with Gasteiger partial charge < -0.3 is 9.47 Å². The monoisotopic (exact) mass is 428 g/mol. The highest BCUT2D eigenvalue weighted by Crippen LogP contribution is 2.31. The van der Waals surface area contributed by atoms with Gasteiger partial charge in [-0.1, -0.05) is 17.7 Å². The number of benzene rings is 1. The molecule has 0 saturated carbocycles. The molecule has 1 aromatic carbocycles. The van der Waals surface area contributed by atoms with E-state index < -0.39 is 11.6 Å². The summed E-state index contributed by atoms with van der Waals surface area (Å²) in [7, 11) is 0. The molecule has 2 heterocycles. The lowest BCUT2D eigenvalue weighted by Gasteiger charge is -2.34. The maximum Gasteiger partial charge on any atom is 0.421 e. The Hall–Kier alpha value is -3.06. The van der Waals surface area contributed by atoms with E-state index in [1.807, 2.05) is 52.0 Å². The molecule has 0 radical (unpaired) electrons. The van der Waals surface area contributed by atoms with Crippen molar-refractivity contribution in [3.8, 4) is 11.6 Å². The van der Waals surface area contributed by atoms with Crippen LogP contribution in [0.4, 0.5) is 10.5 Å². The zero-order valence-corrected chi connectivity index (χ0v) is 18.3. The Morgan fingerprint density at radius 3 is 2.57 bits per heavy atom. The van der Waals surface area contributed by atoms with Crippen molar-refractivity contribution in [3.63, 3.8) is 0 Å². The number of carbonyl (C=O) groups is 1. The fourth-order valence-corrected chi connectivity index (χ4v) is 3.34. The number of allylic oxidation sites excluding steroid dienone is 1. The molecule has 2 aromatic heterocycles. The van der Waals surface area contributed by atoms with Gasteiger partial charge in [0.15, 0.2) is 5.65 Å². The molecule has 30 heavy (non-hydrogen) atoms. The lowest BCUT2D eigenvalue weighted by atomic mass is 10.1. The molecule has 0 atom stereocenters. The van der Waals surface area contributed by atoms with E-state index in [9.17, 15) is 4.79 Å². The maximum absolute atomic E-state index is 13.3. The van der Waals surface area contributed by atoms with Crippen LogP contribution in [0, 0.1) is 0 Å². The summed E-state index contributed by atoms with van der Waals surface area (Å²) in [4.78, 5) is 19.2. The van der Waals surface area contributed by atoms with E-state index in [4.69, 9.17) is 21.1 Å². The van der Waals surface area contributed by atoms with Crippen molar-refractivity contribution in [2.24, 2.45) is 0 Å². The molecule has 0 fully saturated rings. The molecule has 158 valence electrons. The summed E-state index contributed by atoms with van der Waals surface area (Å²) in [6.07, 6.45) is 3.06. The van der Waals surface area contributed by atoms with Crippen LogP contribution in [-0.4, -0.2) is 32.8 Å². The highest BCUT2D eigenvalue weighted by molar-refractivity contribution is 6.30. The minimum absolute atomic E-state index is 0.222. The number of ether oxygens (including phenoxy) is 2. The average molecular weight is 429 g/mol. The molecule has 0 unspecified atom stereocenters. The first-order valence-electron chi connectivity index (χ1n) is 9.64. The van der Waals surface area contributed by atoms with Crippen molar-refractivity contribution in [1.29, 1.82) is 0 Å². The number of fused-ring (bicyclic) bond motifs is 1. The Morgan fingerprint density at radius 1 is 1.27 bits per heavy atom. The second-order valence-electron chi connectivity index (χ2n) is 7.58. The van der Waals surface area contributed by atoms with Crippen LogP contribution in [0.3, 0.4) is 0 Å². The SMILES string of the molecule is C=CCc1c(Cl)nc2ccnn2c1OC(=O)N(c1ccc(OCC)cc1)C(C)(C)C. The lowest BCUT2D eigenvalue weighted by Crippen LogP contribution is -2.47. The molecule has 0 saturated heterocycles.